The van der Waals surface area contributed by atoms with Gasteiger partial charge in [0.2, 0.25) is 0 Å². The van der Waals surface area contributed by atoms with E-state index in [4.69, 9.17) is 11.6 Å². The number of hydrogen-bond acceptors (Lipinski definition) is 5. The number of anilines is 1. The first-order valence-electron chi connectivity index (χ1n) is 8.26. The molecule has 0 radical (unpaired) electrons. The van der Waals surface area contributed by atoms with E-state index >= 15 is 0 Å². The molecule has 1 N–H and O–H groups in total. The lowest BCUT2D eigenvalue weighted by molar-refractivity contribution is 0.0946. The summed E-state index contributed by atoms with van der Waals surface area (Å²) in [4.78, 5) is 18.4. The highest BCUT2D eigenvalue weighted by Crippen LogP contribution is 2.23. The first-order chi connectivity index (χ1) is 12.3. The number of pyridine rings is 1. The van der Waals surface area contributed by atoms with E-state index in [9.17, 15) is 13.2 Å². The van der Waals surface area contributed by atoms with Crippen molar-refractivity contribution < 1.29 is 13.2 Å². The molecule has 3 rings (SSSR count). The van der Waals surface area contributed by atoms with Gasteiger partial charge in [0.15, 0.2) is 9.84 Å². The van der Waals surface area contributed by atoms with Gasteiger partial charge in [-0.1, -0.05) is 23.7 Å². The molecule has 2 aromatic rings. The SMILES string of the molecule is CN(c1ccnc(C(=O)NCc2ccc(Cl)cc2)c1)C1CCS(=O)(=O)C1. The highest BCUT2D eigenvalue weighted by Gasteiger charge is 2.31. The van der Waals surface area contributed by atoms with Crippen molar-refractivity contribution >= 4 is 33.0 Å². The summed E-state index contributed by atoms with van der Waals surface area (Å²) in [6, 6.07) is 10.6. The van der Waals surface area contributed by atoms with Crippen molar-refractivity contribution in [2.45, 2.75) is 19.0 Å². The van der Waals surface area contributed by atoms with Crippen molar-refractivity contribution in [3.05, 3.63) is 58.9 Å². The normalized spacial score (nSPS) is 18.5. The second-order valence-corrected chi connectivity index (χ2v) is 9.04. The number of rotatable bonds is 5. The fourth-order valence-electron chi connectivity index (χ4n) is 2.93. The summed E-state index contributed by atoms with van der Waals surface area (Å²) < 4.78 is 23.4. The molecule has 8 heteroatoms. The predicted molar refractivity (Wildman–Crippen MR) is 102 cm³/mol. The molecule has 1 aromatic carbocycles. The van der Waals surface area contributed by atoms with Crippen LogP contribution in [0.5, 0.6) is 0 Å². The Labute approximate surface area is 158 Å². The number of carbonyl (C=O) groups excluding carboxylic acids is 1. The minimum atomic E-state index is -2.96. The van der Waals surface area contributed by atoms with Crippen LogP contribution in [0.15, 0.2) is 42.6 Å². The lowest BCUT2D eigenvalue weighted by Crippen LogP contribution is -2.33. The number of nitrogens with zero attached hydrogens (tertiary/aromatic N) is 2. The molecular formula is C18H20ClN3O3S. The molecule has 0 spiro atoms. The predicted octanol–water partition coefficient (Wildman–Crippen LogP) is 2.29. The third-order valence-corrected chi connectivity index (χ3v) is 6.51. The van der Waals surface area contributed by atoms with Crippen LogP contribution in [0.4, 0.5) is 5.69 Å². The molecule has 0 aliphatic carbocycles. The fourth-order valence-corrected chi connectivity index (χ4v) is 4.83. The van der Waals surface area contributed by atoms with Gasteiger partial charge >= 0.3 is 0 Å². The van der Waals surface area contributed by atoms with Gasteiger partial charge < -0.3 is 10.2 Å². The third-order valence-electron chi connectivity index (χ3n) is 4.51. The van der Waals surface area contributed by atoms with E-state index in [1.54, 1.807) is 30.5 Å². The van der Waals surface area contributed by atoms with Crippen LogP contribution in [0.25, 0.3) is 0 Å². The Morgan fingerprint density at radius 3 is 2.69 bits per heavy atom. The number of hydrogen-bond donors (Lipinski definition) is 1. The van der Waals surface area contributed by atoms with Crippen molar-refractivity contribution in [1.82, 2.24) is 10.3 Å². The van der Waals surface area contributed by atoms with E-state index in [1.165, 1.54) is 0 Å². The van der Waals surface area contributed by atoms with Crippen LogP contribution in [0, 0.1) is 0 Å². The summed E-state index contributed by atoms with van der Waals surface area (Å²) in [5.74, 6) is 0.0695. The van der Waals surface area contributed by atoms with Crippen LogP contribution in [0.2, 0.25) is 5.02 Å². The zero-order valence-electron chi connectivity index (χ0n) is 14.4. The average Bonchev–Trinajstić information content (AvgIpc) is 3.00. The van der Waals surface area contributed by atoms with Crippen LogP contribution >= 0.6 is 11.6 Å². The molecule has 1 amide bonds. The molecule has 1 unspecified atom stereocenters. The second-order valence-electron chi connectivity index (χ2n) is 6.38. The largest absolute Gasteiger partial charge is 0.370 e. The Bertz CT molecular complexity index is 900. The van der Waals surface area contributed by atoms with Gasteiger partial charge in [-0.3, -0.25) is 9.78 Å². The van der Waals surface area contributed by atoms with E-state index in [0.717, 1.165) is 11.3 Å². The summed E-state index contributed by atoms with van der Waals surface area (Å²) >= 11 is 5.85. The summed E-state index contributed by atoms with van der Waals surface area (Å²) in [7, 11) is -1.12. The van der Waals surface area contributed by atoms with Gasteiger partial charge in [0, 0.05) is 36.5 Å². The minimum Gasteiger partial charge on any atom is -0.370 e. The number of aromatic nitrogens is 1. The Morgan fingerprint density at radius 2 is 2.04 bits per heavy atom. The molecule has 1 fully saturated rings. The molecule has 1 aliphatic heterocycles. The molecule has 1 atom stereocenters. The van der Waals surface area contributed by atoms with Gasteiger partial charge in [-0.05, 0) is 36.2 Å². The zero-order chi connectivity index (χ0) is 18.7. The van der Waals surface area contributed by atoms with Crippen LogP contribution in [0.1, 0.15) is 22.5 Å². The molecule has 0 bridgehead atoms. The van der Waals surface area contributed by atoms with E-state index in [-0.39, 0.29) is 23.5 Å². The lowest BCUT2D eigenvalue weighted by Gasteiger charge is -2.25. The Kier molecular flexibility index (Phi) is 5.48. The summed E-state index contributed by atoms with van der Waals surface area (Å²) in [5.41, 5.74) is 2.01. The van der Waals surface area contributed by atoms with Crippen molar-refractivity contribution in [1.29, 1.82) is 0 Å². The molecule has 1 saturated heterocycles. The number of benzene rings is 1. The highest BCUT2D eigenvalue weighted by atomic mass is 35.5. The first kappa shape index (κ1) is 18.7. The van der Waals surface area contributed by atoms with E-state index in [1.807, 2.05) is 24.1 Å². The molecule has 138 valence electrons. The topological polar surface area (TPSA) is 79.4 Å². The minimum absolute atomic E-state index is 0.0765. The Morgan fingerprint density at radius 1 is 1.31 bits per heavy atom. The van der Waals surface area contributed by atoms with Crippen LogP contribution in [-0.4, -0.2) is 43.9 Å². The average molecular weight is 394 g/mol. The maximum atomic E-state index is 12.4. The smallest absolute Gasteiger partial charge is 0.270 e. The summed E-state index contributed by atoms with van der Waals surface area (Å²) in [6.45, 7) is 0.374. The van der Waals surface area contributed by atoms with Gasteiger partial charge in [0.1, 0.15) is 5.69 Å². The molecular weight excluding hydrogens is 374 g/mol. The van der Waals surface area contributed by atoms with Gasteiger partial charge in [-0.2, -0.15) is 0 Å². The van der Waals surface area contributed by atoms with Crippen molar-refractivity contribution in [3.63, 3.8) is 0 Å². The van der Waals surface area contributed by atoms with E-state index < -0.39 is 9.84 Å². The zero-order valence-corrected chi connectivity index (χ0v) is 15.9. The number of nitrogens with one attached hydrogen (secondary N) is 1. The van der Waals surface area contributed by atoms with Crippen molar-refractivity contribution in [2.24, 2.45) is 0 Å². The summed E-state index contributed by atoms with van der Waals surface area (Å²) in [5, 5.41) is 3.47. The molecule has 6 nitrogen and oxygen atoms in total. The van der Waals surface area contributed by atoms with E-state index in [2.05, 4.69) is 10.3 Å². The van der Waals surface area contributed by atoms with Crippen LogP contribution < -0.4 is 10.2 Å². The van der Waals surface area contributed by atoms with Gasteiger partial charge in [0.25, 0.3) is 5.91 Å². The number of carbonyl (C=O) groups is 1. The van der Waals surface area contributed by atoms with Crippen molar-refractivity contribution in [2.75, 3.05) is 23.5 Å². The van der Waals surface area contributed by atoms with Crippen molar-refractivity contribution in [3.8, 4) is 0 Å². The molecule has 26 heavy (non-hydrogen) atoms. The maximum Gasteiger partial charge on any atom is 0.270 e. The van der Waals surface area contributed by atoms with Gasteiger partial charge in [-0.25, -0.2) is 8.42 Å². The highest BCUT2D eigenvalue weighted by molar-refractivity contribution is 7.91. The standard InChI is InChI=1S/C18H20ClN3O3S/c1-22(16-7-9-26(24,25)12-16)15-6-8-20-17(10-15)18(23)21-11-13-2-4-14(19)5-3-13/h2-6,8,10,16H,7,9,11-12H2,1H3,(H,21,23). The number of amides is 1. The molecule has 1 aliphatic rings. The van der Waals surface area contributed by atoms with Crippen LogP contribution in [-0.2, 0) is 16.4 Å². The first-order valence-corrected chi connectivity index (χ1v) is 10.5. The Hall–Kier alpha value is -2.12. The van der Waals surface area contributed by atoms with E-state index in [0.29, 0.717) is 23.7 Å². The Balaban J connectivity index is 1.66. The second kappa shape index (κ2) is 7.63. The summed E-state index contributed by atoms with van der Waals surface area (Å²) in [6.07, 6.45) is 2.16. The lowest BCUT2D eigenvalue weighted by atomic mass is 10.2. The maximum absolute atomic E-state index is 12.4. The quantitative estimate of drug-likeness (QED) is 0.843. The van der Waals surface area contributed by atoms with Gasteiger partial charge in [-0.15, -0.1) is 0 Å². The number of halogens is 1. The molecule has 1 aromatic heterocycles. The fraction of sp³-hybridized carbons (Fsp3) is 0.333. The van der Waals surface area contributed by atoms with Gasteiger partial charge in [0.05, 0.1) is 11.5 Å². The third kappa shape index (κ3) is 4.53. The monoisotopic (exact) mass is 393 g/mol. The van der Waals surface area contributed by atoms with Crippen LogP contribution in [0.3, 0.4) is 0 Å². The molecule has 2 heterocycles. The number of sulfone groups is 1. The molecule has 0 saturated carbocycles.